The fourth-order valence-corrected chi connectivity index (χ4v) is 1.55. The number of anilines is 1. The number of carboxylic acid groups (broad SMARTS) is 1. The van der Waals surface area contributed by atoms with Gasteiger partial charge in [-0.15, -0.1) is 5.10 Å². The Balaban J connectivity index is 2.26. The fourth-order valence-electron chi connectivity index (χ4n) is 1.55. The SMILES string of the molecule is C=CCOC(=O)Nc1ccc(-n2cnnn2)c(C(=O)O)c1. The number of hydrogen-bond acceptors (Lipinski definition) is 6. The van der Waals surface area contributed by atoms with Crippen molar-refractivity contribution >= 4 is 17.7 Å². The molecule has 2 aromatic rings. The van der Waals surface area contributed by atoms with Crippen molar-refractivity contribution in [1.82, 2.24) is 20.2 Å². The molecule has 9 nitrogen and oxygen atoms in total. The molecule has 2 rings (SSSR count). The van der Waals surface area contributed by atoms with Crippen molar-refractivity contribution < 1.29 is 19.4 Å². The first-order chi connectivity index (χ1) is 10.1. The second-order valence-electron chi connectivity index (χ2n) is 3.80. The molecule has 1 aromatic heterocycles. The van der Waals surface area contributed by atoms with Gasteiger partial charge in [-0.1, -0.05) is 12.7 Å². The Morgan fingerprint density at radius 3 is 2.90 bits per heavy atom. The van der Waals surface area contributed by atoms with E-state index in [1.807, 2.05) is 0 Å². The first-order valence-corrected chi connectivity index (χ1v) is 5.77. The van der Waals surface area contributed by atoms with E-state index in [2.05, 4.69) is 27.4 Å². The normalized spacial score (nSPS) is 9.90. The quantitative estimate of drug-likeness (QED) is 0.791. The molecule has 0 bridgehead atoms. The highest BCUT2D eigenvalue weighted by Crippen LogP contribution is 2.19. The van der Waals surface area contributed by atoms with E-state index in [0.717, 1.165) is 0 Å². The molecule has 0 aliphatic heterocycles. The third-order valence-electron chi connectivity index (χ3n) is 2.40. The molecule has 21 heavy (non-hydrogen) atoms. The highest BCUT2D eigenvalue weighted by atomic mass is 16.5. The number of aromatic nitrogens is 4. The van der Waals surface area contributed by atoms with Crippen LogP contribution in [0.15, 0.2) is 37.2 Å². The van der Waals surface area contributed by atoms with E-state index < -0.39 is 12.1 Å². The predicted molar refractivity (Wildman–Crippen MR) is 71.3 cm³/mol. The molecule has 2 N–H and O–H groups in total. The van der Waals surface area contributed by atoms with E-state index in [-0.39, 0.29) is 23.5 Å². The number of nitrogens with one attached hydrogen (secondary N) is 1. The number of ether oxygens (including phenoxy) is 1. The zero-order chi connectivity index (χ0) is 15.2. The summed E-state index contributed by atoms with van der Waals surface area (Å²) >= 11 is 0. The summed E-state index contributed by atoms with van der Waals surface area (Å²) in [7, 11) is 0. The van der Waals surface area contributed by atoms with Gasteiger partial charge in [0, 0.05) is 5.69 Å². The number of carbonyl (C=O) groups excluding carboxylic acids is 1. The van der Waals surface area contributed by atoms with Crippen LogP contribution < -0.4 is 5.32 Å². The fraction of sp³-hybridized carbons (Fsp3) is 0.0833. The van der Waals surface area contributed by atoms with E-state index in [1.165, 1.54) is 35.3 Å². The van der Waals surface area contributed by atoms with Crippen molar-refractivity contribution in [2.75, 3.05) is 11.9 Å². The van der Waals surface area contributed by atoms with Crippen molar-refractivity contribution in [3.8, 4) is 5.69 Å². The zero-order valence-electron chi connectivity index (χ0n) is 10.8. The van der Waals surface area contributed by atoms with Crippen LogP contribution >= 0.6 is 0 Å². The zero-order valence-corrected chi connectivity index (χ0v) is 10.8. The molecule has 1 aromatic carbocycles. The summed E-state index contributed by atoms with van der Waals surface area (Å²) in [6.45, 7) is 3.47. The van der Waals surface area contributed by atoms with Gasteiger partial charge in [0.1, 0.15) is 12.9 Å². The first kappa shape index (κ1) is 14.2. The van der Waals surface area contributed by atoms with Crippen LogP contribution in [0.1, 0.15) is 10.4 Å². The number of aromatic carboxylic acids is 1. The Morgan fingerprint density at radius 2 is 2.29 bits per heavy atom. The highest BCUT2D eigenvalue weighted by Gasteiger charge is 2.14. The molecular weight excluding hydrogens is 278 g/mol. The number of carboxylic acids is 1. The largest absolute Gasteiger partial charge is 0.478 e. The summed E-state index contributed by atoms with van der Waals surface area (Å²) in [5, 5.41) is 22.2. The van der Waals surface area contributed by atoms with E-state index in [1.54, 1.807) is 0 Å². The Hall–Kier alpha value is -3.23. The number of tetrazole rings is 1. The standard InChI is InChI=1S/C12H11N5O4/c1-2-5-21-12(20)14-8-3-4-10(9(6-8)11(18)19)17-7-13-15-16-17/h2-4,6-7H,1,5H2,(H,14,20)(H,18,19). The van der Waals surface area contributed by atoms with E-state index in [4.69, 9.17) is 4.74 Å². The van der Waals surface area contributed by atoms with Gasteiger partial charge in [0.05, 0.1) is 11.3 Å². The Labute approximate surface area is 118 Å². The summed E-state index contributed by atoms with van der Waals surface area (Å²) in [4.78, 5) is 22.7. The minimum atomic E-state index is -1.18. The molecule has 0 spiro atoms. The smallest absolute Gasteiger partial charge is 0.411 e. The molecule has 0 unspecified atom stereocenters. The third kappa shape index (κ3) is 3.41. The molecule has 1 heterocycles. The maximum atomic E-state index is 11.4. The van der Waals surface area contributed by atoms with Crippen LogP contribution in [-0.2, 0) is 4.74 Å². The minimum absolute atomic E-state index is 0.0559. The molecule has 0 fully saturated rings. The summed E-state index contributed by atoms with van der Waals surface area (Å²) < 4.78 is 5.96. The van der Waals surface area contributed by atoms with Gasteiger partial charge in [-0.3, -0.25) is 5.32 Å². The van der Waals surface area contributed by atoms with Gasteiger partial charge in [0.2, 0.25) is 0 Å². The molecule has 0 saturated carbocycles. The van der Waals surface area contributed by atoms with Crippen LogP contribution in [0.5, 0.6) is 0 Å². The second kappa shape index (κ2) is 6.28. The molecule has 0 aliphatic rings. The van der Waals surface area contributed by atoms with E-state index >= 15 is 0 Å². The number of rotatable bonds is 5. The molecule has 0 saturated heterocycles. The highest BCUT2D eigenvalue weighted by molar-refractivity contribution is 5.95. The Kier molecular flexibility index (Phi) is 4.24. The van der Waals surface area contributed by atoms with Crippen molar-refractivity contribution in [3.63, 3.8) is 0 Å². The van der Waals surface area contributed by atoms with Crippen LogP contribution in [0.4, 0.5) is 10.5 Å². The summed E-state index contributed by atoms with van der Waals surface area (Å²) in [5.41, 5.74) is 0.486. The van der Waals surface area contributed by atoms with Gasteiger partial charge >= 0.3 is 12.1 Å². The lowest BCUT2D eigenvalue weighted by molar-refractivity contribution is 0.0696. The number of amides is 1. The van der Waals surface area contributed by atoms with Gasteiger partial charge in [-0.05, 0) is 28.6 Å². The van der Waals surface area contributed by atoms with Crippen LogP contribution in [0, 0.1) is 0 Å². The van der Waals surface area contributed by atoms with E-state index in [9.17, 15) is 14.7 Å². The maximum absolute atomic E-state index is 11.4. The van der Waals surface area contributed by atoms with Gasteiger partial charge in [-0.2, -0.15) is 4.68 Å². The van der Waals surface area contributed by atoms with Crippen LogP contribution in [-0.4, -0.2) is 44.0 Å². The number of hydrogen-bond donors (Lipinski definition) is 2. The second-order valence-corrected chi connectivity index (χ2v) is 3.80. The number of benzene rings is 1. The summed E-state index contributed by atoms with van der Waals surface area (Å²) in [6, 6.07) is 4.27. The summed E-state index contributed by atoms with van der Waals surface area (Å²) in [5.74, 6) is -1.18. The van der Waals surface area contributed by atoms with Crippen LogP contribution in [0.3, 0.4) is 0 Å². The lowest BCUT2D eigenvalue weighted by Gasteiger charge is -2.09. The topological polar surface area (TPSA) is 119 Å². The monoisotopic (exact) mass is 289 g/mol. The van der Waals surface area contributed by atoms with Gasteiger partial charge < -0.3 is 9.84 Å². The maximum Gasteiger partial charge on any atom is 0.411 e. The van der Waals surface area contributed by atoms with Crippen molar-refractivity contribution in [2.45, 2.75) is 0 Å². The number of carbonyl (C=O) groups is 2. The molecule has 9 heteroatoms. The first-order valence-electron chi connectivity index (χ1n) is 5.77. The third-order valence-corrected chi connectivity index (χ3v) is 2.40. The lowest BCUT2D eigenvalue weighted by atomic mass is 10.1. The molecule has 0 aliphatic carbocycles. The molecule has 1 amide bonds. The summed E-state index contributed by atoms with van der Waals surface area (Å²) in [6.07, 6.45) is 1.98. The molecule has 0 radical (unpaired) electrons. The predicted octanol–water partition coefficient (Wildman–Crippen LogP) is 1.09. The lowest BCUT2D eigenvalue weighted by Crippen LogP contribution is -2.15. The molecule has 108 valence electrons. The van der Waals surface area contributed by atoms with Gasteiger partial charge in [0.15, 0.2) is 0 Å². The number of nitrogens with zero attached hydrogens (tertiary/aromatic N) is 4. The Morgan fingerprint density at radius 1 is 1.48 bits per heavy atom. The van der Waals surface area contributed by atoms with E-state index in [0.29, 0.717) is 0 Å². The average Bonchev–Trinajstić information content (AvgIpc) is 2.99. The minimum Gasteiger partial charge on any atom is -0.478 e. The van der Waals surface area contributed by atoms with Crippen molar-refractivity contribution in [2.24, 2.45) is 0 Å². The molecule has 0 atom stereocenters. The average molecular weight is 289 g/mol. The van der Waals surface area contributed by atoms with Crippen molar-refractivity contribution in [1.29, 1.82) is 0 Å². The molecular formula is C12H11N5O4. The Bertz CT molecular complexity index is 668. The van der Waals surface area contributed by atoms with Gasteiger partial charge in [0.25, 0.3) is 0 Å². The van der Waals surface area contributed by atoms with Crippen LogP contribution in [0.2, 0.25) is 0 Å². The van der Waals surface area contributed by atoms with Crippen LogP contribution in [0.25, 0.3) is 5.69 Å². The van der Waals surface area contributed by atoms with Gasteiger partial charge in [-0.25, -0.2) is 9.59 Å². The van der Waals surface area contributed by atoms with Crippen molar-refractivity contribution in [3.05, 3.63) is 42.7 Å².